The summed E-state index contributed by atoms with van der Waals surface area (Å²) < 4.78 is 16.7. The summed E-state index contributed by atoms with van der Waals surface area (Å²) in [5.74, 6) is 1.89. The zero-order valence-corrected chi connectivity index (χ0v) is 19.3. The van der Waals surface area contributed by atoms with E-state index in [9.17, 15) is 9.59 Å². The average Bonchev–Trinajstić information content (AvgIpc) is 2.85. The van der Waals surface area contributed by atoms with Gasteiger partial charge in [0.25, 0.3) is 5.91 Å². The molecule has 176 valence electrons. The van der Waals surface area contributed by atoms with Crippen molar-refractivity contribution in [2.75, 3.05) is 30.5 Å². The fourth-order valence-electron chi connectivity index (χ4n) is 3.78. The van der Waals surface area contributed by atoms with Gasteiger partial charge in [-0.05, 0) is 61.4 Å². The highest BCUT2D eigenvalue weighted by Gasteiger charge is 2.31. The zero-order valence-electron chi connectivity index (χ0n) is 19.3. The molecule has 1 atom stereocenters. The summed E-state index contributed by atoms with van der Waals surface area (Å²) in [6.07, 6.45) is 0.313. The number of benzene rings is 3. The van der Waals surface area contributed by atoms with E-state index in [-0.39, 0.29) is 18.2 Å². The maximum atomic E-state index is 12.8. The molecule has 0 saturated carbocycles. The van der Waals surface area contributed by atoms with Crippen LogP contribution in [0.25, 0.3) is 0 Å². The Morgan fingerprint density at radius 1 is 1.03 bits per heavy atom. The van der Waals surface area contributed by atoms with Gasteiger partial charge in [0.2, 0.25) is 5.91 Å². The van der Waals surface area contributed by atoms with Crippen LogP contribution in [0.1, 0.15) is 18.9 Å². The second kappa shape index (κ2) is 10.7. The van der Waals surface area contributed by atoms with Gasteiger partial charge in [-0.25, -0.2) is 0 Å². The monoisotopic (exact) mass is 460 g/mol. The van der Waals surface area contributed by atoms with Crippen LogP contribution in [0.3, 0.4) is 0 Å². The van der Waals surface area contributed by atoms with E-state index >= 15 is 0 Å². The normalized spacial score (nSPS) is 14.7. The van der Waals surface area contributed by atoms with Crippen LogP contribution in [0.2, 0.25) is 0 Å². The minimum absolute atomic E-state index is 0.117. The number of nitrogens with one attached hydrogen (secondary N) is 1. The van der Waals surface area contributed by atoms with E-state index in [1.54, 1.807) is 37.1 Å². The number of ether oxygens (including phenoxy) is 3. The summed E-state index contributed by atoms with van der Waals surface area (Å²) in [7, 11) is 1.60. The molecule has 2 amide bonds. The minimum atomic E-state index is -0.571. The highest BCUT2D eigenvalue weighted by molar-refractivity contribution is 6.01. The molecule has 0 spiro atoms. The Bertz CT molecular complexity index is 1130. The van der Waals surface area contributed by atoms with E-state index in [1.165, 1.54) is 0 Å². The Balaban J connectivity index is 1.40. The molecule has 1 unspecified atom stereocenters. The van der Waals surface area contributed by atoms with Gasteiger partial charge in [0, 0.05) is 12.2 Å². The van der Waals surface area contributed by atoms with E-state index < -0.39 is 6.10 Å². The molecule has 0 aromatic heterocycles. The van der Waals surface area contributed by atoms with Crippen LogP contribution in [-0.2, 0) is 16.0 Å². The van der Waals surface area contributed by atoms with Crippen LogP contribution in [-0.4, -0.2) is 38.2 Å². The lowest BCUT2D eigenvalue weighted by Crippen LogP contribution is -2.45. The number of carbonyl (C=O) groups is 2. The van der Waals surface area contributed by atoms with E-state index in [4.69, 9.17) is 14.2 Å². The van der Waals surface area contributed by atoms with Crippen molar-refractivity contribution < 1.29 is 23.8 Å². The van der Waals surface area contributed by atoms with E-state index in [0.29, 0.717) is 36.7 Å². The van der Waals surface area contributed by atoms with Gasteiger partial charge in [-0.3, -0.25) is 9.59 Å². The summed E-state index contributed by atoms with van der Waals surface area (Å²) in [5.41, 5.74) is 2.13. The first-order valence-corrected chi connectivity index (χ1v) is 11.3. The van der Waals surface area contributed by atoms with Crippen LogP contribution in [0.5, 0.6) is 17.2 Å². The fraction of sp³-hybridized carbons (Fsp3) is 0.259. The third kappa shape index (κ3) is 5.67. The molecule has 1 heterocycles. The van der Waals surface area contributed by atoms with Crippen molar-refractivity contribution in [1.82, 2.24) is 0 Å². The smallest absolute Gasteiger partial charge is 0.267 e. The lowest BCUT2D eigenvalue weighted by molar-refractivity contribution is -0.125. The molecule has 0 bridgehead atoms. The minimum Gasteiger partial charge on any atom is -0.497 e. The molecule has 4 rings (SSSR count). The molecule has 1 aliphatic heterocycles. The second-order valence-electron chi connectivity index (χ2n) is 8.02. The van der Waals surface area contributed by atoms with Crippen molar-refractivity contribution in [3.05, 3.63) is 78.4 Å². The SMILES string of the molecule is COc1ccc(CC(=O)Nc2ccc3c(c2)N(CCCOc2ccccc2)C(=O)C(C)O3)cc1. The molecule has 0 fully saturated rings. The summed E-state index contributed by atoms with van der Waals surface area (Å²) in [5, 5.41) is 2.92. The van der Waals surface area contributed by atoms with Crippen molar-refractivity contribution in [1.29, 1.82) is 0 Å². The maximum Gasteiger partial charge on any atom is 0.267 e. The molecule has 3 aromatic rings. The number of nitrogens with zero attached hydrogens (tertiary/aromatic N) is 1. The summed E-state index contributed by atoms with van der Waals surface area (Å²) in [6.45, 7) is 2.70. The Morgan fingerprint density at radius 2 is 1.79 bits per heavy atom. The Labute approximate surface area is 199 Å². The third-order valence-corrected chi connectivity index (χ3v) is 5.51. The molecular formula is C27H28N2O5. The summed E-state index contributed by atoms with van der Waals surface area (Å²) >= 11 is 0. The van der Waals surface area contributed by atoms with Crippen molar-refractivity contribution in [2.45, 2.75) is 25.9 Å². The van der Waals surface area contributed by atoms with Gasteiger partial charge in [0.15, 0.2) is 6.10 Å². The number of rotatable bonds is 9. The number of fused-ring (bicyclic) bond motifs is 1. The number of para-hydroxylation sites is 1. The van der Waals surface area contributed by atoms with Crippen molar-refractivity contribution in [2.24, 2.45) is 0 Å². The van der Waals surface area contributed by atoms with Crippen molar-refractivity contribution >= 4 is 23.2 Å². The Kier molecular flexibility index (Phi) is 7.32. The highest BCUT2D eigenvalue weighted by atomic mass is 16.5. The molecule has 1 N–H and O–H groups in total. The number of carbonyl (C=O) groups excluding carboxylic acids is 2. The van der Waals surface area contributed by atoms with E-state index in [0.717, 1.165) is 17.1 Å². The topological polar surface area (TPSA) is 77.1 Å². The molecule has 34 heavy (non-hydrogen) atoms. The first-order valence-electron chi connectivity index (χ1n) is 11.3. The molecule has 3 aromatic carbocycles. The lowest BCUT2D eigenvalue weighted by Gasteiger charge is -2.33. The predicted molar refractivity (Wildman–Crippen MR) is 131 cm³/mol. The first-order chi connectivity index (χ1) is 16.5. The number of amides is 2. The van der Waals surface area contributed by atoms with Crippen LogP contribution in [0.15, 0.2) is 72.8 Å². The first kappa shape index (κ1) is 23.2. The van der Waals surface area contributed by atoms with E-state index in [2.05, 4.69) is 5.32 Å². The standard InChI is InChI=1S/C27H28N2O5/c1-19-27(31)29(15-6-16-33-23-7-4-3-5-8-23)24-18-21(11-14-25(24)34-19)28-26(30)17-20-9-12-22(32-2)13-10-20/h3-5,7-14,18-19H,6,15-17H2,1-2H3,(H,28,30). The van der Waals surface area contributed by atoms with Gasteiger partial charge in [0.1, 0.15) is 17.2 Å². The van der Waals surface area contributed by atoms with Gasteiger partial charge < -0.3 is 24.4 Å². The molecule has 1 aliphatic rings. The fourth-order valence-corrected chi connectivity index (χ4v) is 3.78. The molecular weight excluding hydrogens is 432 g/mol. The Hall–Kier alpha value is -4.00. The predicted octanol–water partition coefficient (Wildman–Crippen LogP) is 4.46. The number of methoxy groups -OCH3 is 1. The van der Waals surface area contributed by atoms with Gasteiger partial charge in [-0.15, -0.1) is 0 Å². The maximum absolute atomic E-state index is 12.8. The van der Waals surface area contributed by atoms with Crippen LogP contribution >= 0.6 is 0 Å². The number of anilines is 2. The Morgan fingerprint density at radius 3 is 2.53 bits per heavy atom. The van der Waals surface area contributed by atoms with Gasteiger partial charge >= 0.3 is 0 Å². The molecule has 0 saturated heterocycles. The molecule has 7 heteroatoms. The number of hydrogen-bond donors (Lipinski definition) is 1. The zero-order chi connectivity index (χ0) is 23.9. The highest BCUT2D eigenvalue weighted by Crippen LogP contribution is 2.36. The molecule has 7 nitrogen and oxygen atoms in total. The second-order valence-corrected chi connectivity index (χ2v) is 8.02. The molecule has 0 radical (unpaired) electrons. The quantitative estimate of drug-likeness (QED) is 0.477. The largest absolute Gasteiger partial charge is 0.497 e. The van der Waals surface area contributed by atoms with Crippen LogP contribution < -0.4 is 24.4 Å². The third-order valence-electron chi connectivity index (χ3n) is 5.51. The number of hydrogen-bond acceptors (Lipinski definition) is 5. The summed E-state index contributed by atoms with van der Waals surface area (Å²) in [4.78, 5) is 27.1. The molecule has 0 aliphatic carbocycles. The van der Waals surface area contributed by atoms with Gasteiger partial charge in [0.05, 0.1) is 25.8 Å². The van der Waals surface area contributed by atoms with Gasteiger partial charge in [-0.1, -0.05) is 30.3 Å². The van der Waals surface area contributed by atoms with Crippen molar-refractivity contribution in [3.63, 3.8) is 0 Å². The van der Waals surface area contributed by atoms with Crippen molar-refractivity contribution in [3.8, 4) is 17.2 Å². The lowest BCUT2D eigenvalue weighted by atomic mass is 10.1. The van der Waals surface area contributed by atoms with Gasteiger partial charge in [-0.2, -0.15) is 0 Å². The van der Waals surface area contributed by atoms with Crippen LogP contribution in [0.4, 0.5) is 11.4 Å². The average molecular weight is 461 g/mol. The van der Waals surface area contributed by atoms with Crippen LogP contribution in [0, 0.1) is 0 Å². The summed E-state index contributed by atoms with van der Waals surface area (Å²) in [6, 6.07) is 22.3. The van der Waals surface area contributed by atoms with E-state index in [1.807, 2.05) is 54.6 Å².